The summed E-state index contributed by atoms with van der Waals surface area (Å²) in [6.07, 6.45) is 2.48. The van der Waals surface area contributed by atoms with Crippen LogP contribution < -0.4 is 5.32 Å². The molecule has 0 fully saturated rings. The minimum atomic E-state index is -0.954. The molecule has 2 aromatic rings. The van der Waals surface area contributed by atoms with Crippen LogP contribution in [0.5, 0.6) is 0 Å². The van der Waals surface area contributed by atoms with Gasteiger partial charge in [-0.2, -0.15) is 0 Å². The number of carboxylic acids is 1. The quantitative estimate of drug-likeness (QED) is 0.864. The second kappa shape index (κ2) is 5.56. The van der Waals surface area contributed by atoms with E-state index in [0.717, 1.165) is 17.7 Å². The molecular formula is C14H16N2O3. The third-order valence-electron chi connectivity index (χ3n) is 2.79. The van der Waals surface area contributed by atoms with Crippen molar-refractivity contribution in [3.8, 4) is 0 Å². The van der Waals surface area contributed by atoms with Gasteiger partial charge in [-0.3, -0.25) is 0 Å². The zero-order valence-corrected chi connectivity index (χ0v) is 10.9. The topological polar surface area (TPSA) is 75.4 Å². The van der Waals surface area contributed by atoms with E-state index in [9.17, 15) is 4.79 Å². The highest BCUT2D eigenvalue weighted by atomic mass is 16.4. The van der Waals surface area contributed by atoms with Crippen molar-refractivity contribution in [3.63, 3.8) is 0 Å². The molecule has 1 aromatic heterocycles. The number of nitrogens with one attached hydrogen (secondary N) is 1. The van der Waals surface area contributed by atoms with Gasteiger partial charge >= 0.3 is 5.97 Å². The Hall–Kier alpha value is -2.30. The van der Waals surface area contributed by atoms with Crippen LogP contribution in [0.3, 0.4) is 0 Å². The summed E-state index contributed by atoms with van der Waals surface area (Å²) in [6.45, 7) is 4.27. The summed E-state index contributed by atoms with van der Waals surface area (Å²) in [5, 5.41) is 12.2. The maximum absolute atomic E-state index is 11.1. The summed E-state index contributed by atoms with van der Waals surface area (Å²) in [5.41, 5.74) is 1.81. The lowest BCUT2D eigenvalue weighted by Crippen LogP contribution is -2.06. The lowest BCUT2D eigenvalue weighted by atomic mass is 10.1. The van der Waals surface area contributed by atoms with Crippen molar-refractivity contribution in [1.29, 1.82) is 0 Å². The normalized spacial score (nSPS) is 10.4. The first-order valence-electron chi connectivity index (χ1n) is 6.11. The highest BCUT2D eigenvalue weighted by Gasteiger charge is 2.10. The number of hydrogen-bond donors (Lipinski definition) is 2. The Balaban J connectivity index is 2.14. The number of nitrogens with zero attached hydrogens (tertiary/aromatic N) is 1. The molecule has 0 aliphatic heterocycles. The number of carbonyl (C=O) groups is 1. The average molecular weight is 260 g/mol. The number of carboxylic acid groups (broad SMARTS) is 1. The van der Waals surface area contributed by atoms with Crippen LogP contribution in [0.25, 0.3) is 0 Å². The average Bonchev–Trinajstić information content (AvgIpc) is 2.84. The number of aryl methyl sites for hydroxylation is 2. The van der Waals surface area contributed by atoms with Crippen molar-refractivity contribution >= 4 is 11.7 Å². The highest BCUT2D eigenvalue weighted by molar-refractivity contribution is 5.94. The van der Waals surface area contributed by atoms with E-state index in [4.69, 9.17) is 9.52 Å². The smallest absolute Gasteiger partial charge is 0.337 e. The minimum Gasteiger partial charge on any atom is -0.478 e. The number of aromatic carboxylic acids is 1. The molecule has 0 saturated heterocycles. The fourth-order valence-electron chi connectivity index (χ4n) is 1.75. The van der Waals surface area contributed by atoms with Crippen molar-refractivity contribution in [2.75, 3.05) is 5.32 Å². The number of benzene rings is 1. The molecule has 0 saturated carbocycles. The highest BCUT2D eigenvalue weighted by Crippen LogP contribution is 2.18. The zero-order chi connectivity index (χ0) is 13.8. The molecule has 19 heavy (non-hydrogen) atoms. The van der Waals surface area contributed by atoms with E-state index in [1.165, 1.54) is 0 Å². The third kappa shape index (κ3) is 3.13. The SMILES string of the molecule is CCc1cnc(CNc2cc(C)ccc2C(=O)O)o1. The monoisotopic (exact) mass is 260 g/mol. The van der Waals surface area contributed by atoms with Gasteiger partial charge in [-0.25, -0.2) is 9.78 Å². The predicted octanol–water partition coefficient (Wildman–Crippen LogP) is 2.86. The van der Waals surface area contributed by atoms with Gasteiger partial charge in [-0.15, -0.1) is 0 Å². The minimum absolute atomic E-state index is 0.243. The van der Waals surface area contributed by atoms with E-state index in [0.29, 0.717) is 18.1 Å². The van der Waals surface area contributed by atoms with Gasteiger partial charge in [-0.05, 0) is 24.6 Å². The fraction of sp³-hybridized carbons (Fsp3) is 0.286. The van der Waals surface area contributed by atoms with Gasteiger partial charge in [0, 0.05) is 12.1 Å². The Labute approximate surface area is 111 Å². The lowest BCUT2D eigenvalue weighted by Gasteiger charge is -2.08. The molecule has 1 heterocycles. The van der Waals surface area contributed by atoms with Crippen LogP contribution in [0.2, 0.25) is 0 Å². The van der Waals surface area contributed by atoms with Crippen molar-refractivity contribution < 1.29 is 14.3 Å². The Morgan fingerprint density at radius 3 is 2.89 bits per heavy atom. The molecule has 0 aliphatic rings. The van der Waals surface area contributed by atoms with Gasteiger partial charge in [-0.1, -0.05) is 13.0 Å². The van der Waals surface area contributed by atoms with Crippen molar-refractivity contribution in [2.45, 2.75) is 26.8 Å². The maximum Gasteiger partial charge on any atom is 0.337 e. The molecule has 0 spiro atoms. The molecule has 1 aromatic carbocycles. The number of hydrogen-bond acceptors (Lipinski definition) is 4. The second-order valence-corrected chi connectivity index (χ2v) is 4.28. The molecule has 0 amide bonds. The Kier molecular flexibility index (Phi) is 3.85. The van der Waals surface area contributed by atoms with Gasteiger partial charge in [0.2, 0.25) is 5.89 Å². The second-order valence-electron chi connectivity index (χ2n) is 4.28. The van der Waals surface area contributed by atoms with Crippen LogP contribution in [0.1, 0.15) is 34.5 Å². The fourth-order valence-corrected chi connectivity index (χ4v) is 1.75. The van der Waals surface area contributed by atoms with Crippen molar-refractivity contribution in [1.82, 2.24) is 4.98 Å². The molecule has 0 atom stereocenters. The van der Waals surface area contributed by atoms with E-state index in [-0.39, 0.29) is 5.56 Å². The maximum atomic E-state index is 11.1. The first-order valence-corrected chi connectivity index (χ1v) is 6.11. The Morgan fingerprint density at radius 1 is 1.47 bits per heavy atom. The summed E-state index contributed by atoms with van der Waals surface area (Å²) < 4.78 is 5.46. The number of oxazole rings is 1. The van der Waals surface area contributed by atoms with Gasteiger partial charge in [0.15, 0.2) is 0 Å². The van der Waals surface area contributed by atoms with E-state index in [2.05, 4.69) is 10.3 Å². The van der Waals surface area contributed by atoms with E-state index in [1.807, 2.05) is 13.8 Å². The largest absolute Gasteiger partial charge is 0.478 e. The van der Waals surface area contributed by atoms with Gasteiger partial charge in [0.1, 0.15) is 5.76 Å². The molecular weight excluding hydrogens is 244 g/mol. The van der Waals surface area contributed by atoms with E-state index in [1.54, 1.807) is 24.4 Å². The van der Waals surface area contributed by atoms with Crippen molar-refractivity contribution in [2.24, 2.45) is 0 Å². The first kappa shape index (κ1) is 13.1. The van der Waals surface area contributed by atoms with Gasteiger partial charge in [0.25, 0.3) is 0 Å². The van der Waals surface area contributed by atoms with Crippen LogP contribution in [0.4, 0.5) is 5.69 Å². The molecule has 2 N–H and O–H groups in total. The molecule has 2 rings (SSSR count). The van der Waals surface area contributed by atoms with Crippen LogP contribution in [-0.4, -0.2) is 16.1 Å². The number of anilines is 1. The summed E-state index contributed by atoms with van der Waals surface area (Å²) >= 11 is 0. The summed E-state index contributed by atoms with van der Waals surface area (Å²) in [7, 11) is 0. The summed E-state index contributed by atoms with van der Waals surface area (Å²) in [4.78, 5) is 15.2. The Bertz CT molecular complexity index is 590. The van der Waals surface area contributed by atoms with E-state index >= 15 is 0 Å². The first-order chi connectivity index (χ1) is 9.10. The molecule has 5 nitrogen and oxygen atoms in total. The lowest BCUT2D eigenvalue weighted by molar-refractivity contribution is 0.0698. The molecule has 0 bridgehead atoms. The summed E-state index contributed by atoms with van der Waals surface area (Å²) in [6, 6.07) is 5.16. The molecule has 0 aliphatic carbocycles. The van der Waals surface area contributed by atoms with Gasteiger partial charge < -0.3 is 14.8 Å². The summed E-state index contributed by atoms with van der Waals surface area (Å²) in [5.74, 6) is 0.415. The number of rotatable bonds is 5. The van der Waals surface area contributed by atoms with E-state index < -0.39 is 5.97 Å². The molecule has 0 unspecified atom stereocenters. The van der Waals surface area contributed by atoms with Crippen LogP contribution >= 0.6 is 0 Å². The van der Waals surface area contributed by atoms with Gasteiger partial charge in [0.05, 0.1) is 18.3 Å². The standard InChI is InChI=1S/C14H16N2O3/c1-3-10-7-16-13(19-10)8-15-12-6-9(2)4-5-11(12)14(17)18/h4-7,15H,3,8H2,1-2H3,(H,17,18). The van der Waals surface area contributed by atoms with Crippen molar-refractivity contribution in [3.05, 3.63) is 47.2 Å². The molecule has 100 valence electrons. The zero-order valence-electron chi connectivity index (χ0n) is 10.9. The third-order valence-corrected chi connectivity index (χ3v) is 2.79. The van der Waals surface area contributed by atoms with Crippen LogP contribution in [0, 0.1) is 6.92 Å². The number of aromatic nitrogens is 1. The Morgan fingerprint density at radius 2 is 2.26 bits per heavy atom. The predicted molar refractivity (Wildman–Crippen MR) is 71.3 cm³/mol. The molecule has 5 heteroatoms. The van der Waals surface area contributed by atoms with Crippen LogP contribution in [-0.2, 0) is 13.0 Å². The van der Waals surface area contributed by atoms with Crippen LogP contribution in [0.15, 0.2) is 28.8 Å². The molecule has 0 radical (unpaired) electrons.